The lowest BCUT2D eigenvalue weighted by atomic mass is 9.87. The van der Waals surface area contributed by atoms with Crippen LogP contribution in [0.25, 0.3) is 10.9 Å². The summed E-state index contributed by atoms with van der Waals surface area (Å²) in [5.41, 5.74) is -0.255. The van der Waals surface area contributed by atoms with Crippen molar-refractivity contribution < 1.29 is 14.3 Å². The lowest BCUT2D eigenvalue weighted by molar-refractivity contribution is 0.0695. The molecule has 1 unspecified atom stereocenters. The van der Waals surface area contributed by atoms with Crippen molar-refractivity contribution in [2.75, 3.05) is 25.0 Å². The standard InChI is InChI=1S/C18H22FN3O3/c1-18(2,20-3)10-4-5-22(9-10)15-7-14-11(6-13(15)19)16(23)12(8-21-14)17(24)25/h6-8,10,20H,4-5,9H2,1-3H3,(H,21,23)(H,24,25). The first kappa shape index (κ1) is 17.4. The van der Waals surface area contributed by atoms with Crippen LogP contribution in [0.5, 0.6) is 0 Å². The third-order valence-electron chi connectivity index (χ3n) is 5.37. The van der Waals surface area contributed by atoms with E-state index in [9.17, 15) is 14.0 Å². The summed E-state index contributed by atoms with van der Waals surface area (Å²) in [7, 11) is 1.92. The number of rotatable bonds is 4. The number of carboxylic acid groups (broad SMARTS) is 1. The first-order valence-electron chi connectivity index (χ1n) is 8.26. The van der Waals surface area contributed by atoms with E-state index in [4.69, 9.17) is 5.11 Å². The Morgan fingerprint density at radius 2 is 2.16 bits per heavy atom. The van der Waals surface area contributed by atoms with Gasteiger partial charge in [0.25, 0.3) is 0 Å². The highest BCUT2D eigenvalue weighted by atomic mass is 19.1. The van der Waals surface area contributed by atoms with E-state index in [1.807, 2.05) is 11.9 Å². The van der Waals surface area contributed by atoms with Gasteiger partial charge in [-0.2, -0.15) is 0 Å². The van der Waals surface area contributed by atoms with Crippen LogP contribution in [0.2, 0.25) is 0 Å². The molecule has 1 aliphatic heterocycles. The lowest BCUT2D eigenvalue weighted by Gasteiger charge is -2.31. The second kappa shape index (κ2) is 6.15. The number of nitrogens with one attached hydrogen (secondary N) is 2. The number of hydrogen-bond acceptors (Lipinski definition) is 4. The minimum Gasteiger partial charge on any atom is -0.477 e. The number of carbonyl (C=O) groups is 1. The fourth-order valence-corrected chi connectivity index (χ4v) is 3.40. The van der Waals surface area contributed by atoms with Crippen molar-refractivity contribution in [3.8, 4) is 0 Å². The van der Waals surface area contributed by atoms with Gasteiger partial charge in [-0.1, -0.05) is 0 Å². The summed E-state index contributed by atoms with van der Waals surface area (Å²) in [5, 5.41) is 12.4. The number of H-pyrrole nitrogens is 1. The number of benzene rings is 1. The summed E-state index contributed by atoms with van der Waals surface area (Å²) in [6.45, 7) is 5.70. The summed E-state index contributed by atoms with van der Waals surface area (Å²) in [6, 6.07) is 2.72. The molecule has 2 heterocycles. The zero-order valence-corrected chi connectivity index (χ0v) is 14.5. The monoisotopic (exact) mass is 347 g/mol. The number of hydrogen-bond donors (Lipinski definition) is 3. The molecule has 7 heteroatoms. The maximum Gasteiger partial charge on any atom is 0.341 e. The molecule has 6 nitrogen and oxygen atoms in total. The number of pyridine rings is 1. The summed E-state index contributed by atoms with van der Waals surface area (Å²) < 4.78 is 14.6. The van der Waals surface area contributed by atoms with Crippen LogP contribution in [0.15, 0.2) is 23.1 Å². The van der Waals surface area contributed by atoms with E-state index >= 15 is 0 Å². The number of fused-ring (bicyclic) bond motifs is 1. The molecule has 134 valence electrons. The molecular weight excluding hydrogens is 325 g/mol. The van der Waals surface area contributed by atoms with Gasteiger partial charge in [-0.3, -0.25) is 4.79 Å². The Kier molecular flexibility index (Phi) is 4.28. The van der Waals surface area contributed by atoms with Crippen molar-refractivity contribution in [2.24, 2.45) is 5.92 Å². The summed E-state index contributed by atoms with van der Waals surface area (Å²) >= 11 is 0. The molecule has 1 atom stereocenters. The molecule has 3 N–H and O–H groups in total. The van der Waals surface area contributed by atoms with E-state index in [1.54, 1.807) is 6.07 Å². The van der Waals surface area contributed by atoms with E-state index in [-0.39, 0.29) is 10.9 Å². The van der Waals surface area contributed by atoms with E-state index in [0.29, 0.717) is 23.7 Å². The Bertz CT molecular complexity index is 891. The maximum absolute atomic E-state index is 14.6. The Balaban J connectivity index is 1.99. The predicted molar refractivity (Wildman–Crippen MR) is 94.9 cm³/mol. The van der Waals surface area contributed by atoms with Crippen LogP contribution in [0.3, 0.4) is 0 Å². The van der Waals surface area contributed by atoms with Crippen LogP contribution in [0.1, 0.15) is 30.6 Å². The molecular formula is C18H22FN3O3. The van der Waals surface area contributed by atoms with Gasteiger partial charge in [-0.05, 0) is 45.4 Å². The molecule has 1 saturated heterocycles. The average molecular weight is 347 g/mol. The van der Waals surface area contributed by atoms with Crippen LogP contribution < -0.4 is 15.6 Å². The fraction of sp³-hybridized carbons (Fsp3) is 0.444. The zero-order valence-electron chi connectivity index (χ0n) is 14.5. The average Bonchev–Trinajstić information content (AvgIpc) is 3.05. The second-order valence-corrected chi connectivity index (χ2v) is 7.09. The molecule has 0 saturated carbocycles. The molecule has 0 spiro atoms. The maximum atomic E-state index is 14.6. The third kappa shape index (κ3) is 3.00. The summed E-state index contributed by atoms with van der Waals surface area (Å²) in [4.78, 5) is 28.0. The zero-order chi connectivity index (χ0) is 18.4. The summed E-state index contributed by atoms with van der Waals surface area (Å²) in [6.07, 6.45) is 2.10. The molecule has 0 amide bonds. The molecule has 1 aromatic carbocycles. The van der Waals surface area contributed by atoms with Gasteiger partial charge in [0.1, 0.15) is 11.4 Å². The van der Waals surface area contributed by atoms with Crippen molar-refractivity contribution in [3.63, 3.8) is 0 Å². The second-order valence-electron chi connectivity index (χ2n) is 7.09. The minimum absolute atomic E-state index is 0.0486. The van der Waals surface area contributed by atoms with E-state index in [1.165, 1.54) is 0 Å². The highest BCUT2D eigenvalue weighted by Crippen LogP contribution is 2.33. The van der Waals surface area contributed by atoms with Gasteiger partial charge in [0.2, 0.25) is 5.43 Å². The first-order chi connectivity index (χ1) is 11.7. The number of anilines is 1. The Morgan fingerprint density at radius 3 is 2.80 bits per heavy atom. The van der Waals surface area contributed by atoms with Gasteiger partial charge in [-0.15, -0.1) is 0 Å². The van der Waals surface area contributed by atoms with Crippen molar-refractivity contribution in [2.45, 2.75) is 25.8 Å². The summed E-state index contributed by atoms with van der Waals surface area (Å²) in [5.74, 6) is -1.46. The fourth-order valence-electron chi connectivity index (χ4n) is 3.40. The Hall–Kier alpha value is -2.41. The van der Waals surface area contributed by atoms with Crippen LogP contribution in [0.4, 0.5) is 10.1 Å². The molecule has 2 aromatic rings. The van der Waals surface area contributed by atoms with Gasteiger partial charge >= 0.3 is 5.97 Å². The van der Waals surface area contributed by atoms with Gasteiger partial charge in [0.15, 0.2) is 0 Å². The predicted octanol–water partition coefficient (Wildman–Crippen LogP) is 2.19. The molecule has 1 aromatic heterocycles. The molecule has 1 fully saturated rings. The van der Waals surface area contributed by atoms with Crippen LogP contribution in [-0.2, 0) is 0 Å². The van der Waals surface area contributed by atoms with E-state index in [0.717, 1.165) is 25.2 Å². The van der Waals surface area contributed by atoms with Gasteiger partial charge < -0.3 is 20.3 Å². The highest BCUT2D eigenvalue weighted by molar-refractivity contribution is 5.93. The normalized spacial score (nSPS) is 18.1. The number of aromatic carboxylic acids is 1. The highest BCUT2D eigenvalue weighted by Gasteiger charge is 2.35. The van der Waals surface area contributed by atoms with E-state index < -0.39 is 22.8 Å². The Labute approximate surface area is 144 Å². The smallest absolute Gasteiger partial charge is 0.341 e. The molecule has 3 rings (SSSR count). The van der Waals surface area contributed by atoms with Gasteiger partial charge in [0, 0.05) is 30.2 Å². The largest absolute Gasteiger partial charge is 0.477 e. The van der Waals surface area contributed by atoms with E-state index in [2.05, 4.69) is 24.1 Å². The molecule has 0 bridgehead atoms. The molecule has 0 radical (unpaired) electrons. The number of aromatic amines is 1. The van der Waals surface area contributed by atoms with Crippen molar-refractivity contribution in [3.05, 3.63) is 39.9 Å². The van der Waals surface area contributed by atoms with Crippen molar-refractivity contribution >= 4 is 22.6 Å². The molecule has 0 aliphatic carbocycles. The minimum atomic E-state index is -1.33. The lowest BCUT2D eigenvalue weighted by Crippen LogP contribution is -2.45. The van der Waals surface area contributed by atoms with Crippen molar-refractivity contribution in [1.29, 1.82) is 0 Å². The van der Waals surface area contributed by atoms with Crippen molar-refractivity contribution in [1.82, 2.24) is 10.3 Å². The quantitative estimate of drug-likeness (QED) is 0.789. The first-order valence-corrected chi connectivity index (χ1v) is 8.26. The molecule has 25 heavy (non-hydrogen) atoms. The van der Waals surface area contributed by atoms with Crippen LogP contribution in [0, 0.1) is 11.7 Å². The number of halogens is 1. The number of carboxylic acids is 1. The van der Waals surface area contributed by atoms with Crippen LogP contribution >= 0.6 is 0 Å². The van der Waals surface area contributed by atoms with Gasteiger partial charge in [0.05, 0.1) is 11.2 Å². The molecule has 1 aliphatic rings. The topological polar surface area (TPSA) is 85.4 Å². The van der Waals surface area contributed by atoms with Crippen LogP contribution in [-0.4, -0.2) is 41.7 Å². The Morgan fingerprint density at radius 1 is 1.44 bits per heavy atom. The SMILES string of the molecule is CNC(C)(C)C1CCN(c2cc3[nH]cc(C(=O)O)c(=O)c3cc2F)C1. The third-order valence-corrected chi connectivity index (χ3v) is 5.37. The van der Waals surface area contributed by atoms with Gasteiger partial charge in [-0.25, -0.2) is 9.18 Å². The number of nitrogens with zero attached hydrogens (tertiary/aromatic N) is 1. The number of aromatic nitrogens is 1.